The number of pyridine rings is 1. The van der Waals surface area contributed by atoms with E-state index in [9.17, 15) is 9.59 Å². The zero-order valence-corrected chi connectivity index (χ0v) is 17.0. The number of hydrogen-bond donors (Lipinski definition) is 0. The molecule has 2 heterocycles. The van der Waals surface area contributed by atoms with Crippen LogP contribution in [0.4, 0.5) is 0 Å². The fourth-order valence-corrected chi connectivity index (χ4v) is 4.71. The summed E-state index contributed by atoms with van der Waals surface area (Å²) < 4.78 is 6.28. The van der Waals surface area contributed by atoms with Gasteiger partial charge in [0.1, 0.15) is 5.75 Å². The van der Waals surface area contributed by atoms with E-state index in [0.717, 1.165) is 43.2 Å². The molecule has 0 unspecified atom stereocenters. The van der Waals surface area contributed by atoms with E-state index in [0.29, 0.717) is 11.1 Å². The van der Waals surface area contributed by atoms with Gasteiger partial charge in [0.2, 0.25) is 0 Å². The van der Waals surface area contributed by atoms with E-state index < -0.39 is 0 Å². The molecule has 0 spiro atoms. The molecule has 1 fully saturated rings. The van der Waals surface area contributed by atoms with Crippen LogP contribution >= 0.6 is 0 Å². The van der Waals surface area contributed by atoms with E-state index in [1.165, 1.54) is 15.8 Å². The number of ether oxygens (including phenoxy) is 1. The highest BCUT2D eigenvalue weighted by molar-refractivity contribution is 6.21. The van der Waals surface area contributed by atoms with Crippen LogP contribution in [0.5, 0.6) is 5.75 Å². The summed E-state index contributed by atoms with van der Waals surface area (Å²) in [7, 11) is 0. The molecule has 2 aromatic carbocycles. The lowest BCUT2D eigenvalue weighted by Crippen LogP contribution is -2.43. The Balaban J connectivity index is 1.27. The van der Waals surface area contributed by atoms with E-state index in [4.69, 9.17) is 4.74 Å². The monoisotopic (exact) mass is 400 g/mol. The average Bonchev–Trinajstić information content (AvgIpc) is 3.04. The molecule has 0 bridgehead atoms. The van der Waals surface area contributed by atoms with E-state index >= 15 is 0 Å². The topological polar surface area (TPSA) is 59.5 Å². The number of hydrogen-bond acceptors (Lipinski definition) is 4. The number of rotatable bonds is 4. The molecule has 152 valence electrons. The number of fused-ring (bicyclic) bond motifs is 2. The Bertz CT molecular complexity index is 1100. The standard InChI is InChI=1S/C25H24N2O3/c1-2-16-14-26-15-17-7-10-20(13-23(16)17)30-19-11-8-18(9-12-19)27-24(28)21-5-3-4-6-22(21)25(27)29/h3-7,10,13-15,18-19H,2,8-9,11-12H2,1H3/t18-,19+. The fourth-order valence-electron chi connectivity index (χ4n) is 4.71. The minimum Gasteiger partial charge on any atom is -0.490 e. The summed E-state index contributed by atoms with van der Waals surface area (Å²) in [4.78, 5) is 31.2. The molecule has 5 heteroatoms. The van der Waals surface area contributed by atoms with Crippen molar-refractivity contribution in [1.29, 1.82) is 0 Å². The van der Waals surface area contributed by atoms with Gasteiger partial charge in [-0.25, -0.2) is 0 Å². The van der Waals surface area contributed by atoms with Crippen molar-refractivity contribution in [3.05, 3.63) is 71.5 Å². The summed E-state index contributed by atoms with van der Waals surface area (Å²) in [5.41, 5.74) is 2.27. The van der Waals surface area contributed by atoms with Gasteiger partial charge < -0.3 is 4.74 Å². The summed E-state index contributed by atoms with van der Waals surface area (Å²) in [5.74, 6) is 0.554. The van der Waals surface area contributed by atoms with Crippen LogP contribution in [0.3, 0.4) is 0 Å². The van der Waals surface area contributed by atoms with Gasteiger partial charge >= 0.3 is 0 Å². The molecule has 1 aromatic heterocycles. The Morgan fingerprint density at radius 2 is 1.67 bits per heavy atom. The van der Waals surface area contributed by atoms with Crippen molar-refractivity contribution in [3.8, 4) is 5.75 Å². The second-order valence-electron chi connectivity index (χ2n) is 8.11. The van der Waals surface area contributed by atoms with Crippen LogP contribution in [-0.4, -0.2) is 33.8 Å². The number of nitrogens with zero attached hydrogens (tertiary/aromatic N) is 2. The summed E-state index contributed by atoms with van der Waals surface area (Å²) in [6.45, 7) is 2.13. The number of benzene rings is 2. The smallest absolute Gasteiger partial charge is 0.261 e. The molecule has 0 saturated heterocycles. The van der Waals surface area contributed by atoms with Crippen LogP contribution in [0.1, 0.15) is 58.9 Å². The molecule has 30 heavy (non-hydrogen) atoms. The SMILES string of the molecule is CCc1cncc2ccc(O[C@H]3CC[C@@H](N4C(=O)c5ccccc5C4=O)CC3)cc12. The first-order valence-corrected chi connectivity index (χ1v) is 10.7. The first-order chi connectivity index (χ1) is 14.7. The zero-order valence-electron chi connectivity index (χ0n) is 17.0. The Morgan fingerprint density at radius 1 is 0.967 bits per heavy atom. The third kappa shape index (κ3) is 3.15. The maximum Gasteiger partial charge on any atom is 0.261 e. The molecule has 0 atom stereocenters. The van der Waals surface area contributed by atoms with Crippen molar-refractivity contribution in [2.45, 2.75) is 51.2 Å². The van der Waals surface area contributed by atoms with Gasteiger partial charge in [0.25, 0.3) is 11.8 Å². The van der Waals surface area contributed by atoms with Crippen LogP contribution in [0.15, 0.2) is 54.9 Å². The number of carbonyl (C=O) groups is 2. The van der Waals surface area contributed by atoms with Crippen molar-refractivity contribution in [3.63, 3.8) is 0 Å². The summed E-state index contributed by atoms with van der Waals surface area (Å²) in [6, 6.07) is 13.2. The van der Waals surface area contributed by atoms with Crippen LogP contribution < -0.4 is 4.74 Å². The Hall–Kier alpha value is -3.21. The van der Waals surface area contributed by atoms with Gasteiger partial charge in [0.15, 0.2) is 0 Å². The van der Waals surface area contributed by atoms with Crippen molar-refractivity contribution in [2.24, 2.45) is 0 Å². The maximum atomic E-state index is 12.7. The highest BCUT2D eigenvalue weighted by Crippen LogP contribution is 2.33. The van der Waals surface area contributed by atoms with Crippen LogP contribution in [0.2, 0.25) is 0 Å². The number of carbonyl (C=O) groups excluding carboxylic acids is 2. The molecule has 2 amide bonds. The number of imide groups is 1. The van der Waals surface area contributed by atoms with Gasteiger partial charge in [0, 0.05) is 23.8 Å². The van der Waals surface area contributed by atoms with Gasteiger partial charge in [-0.1, -0.05) is 19.1 Å². The van der Waals surface area contributed by atoms with E-state index in [2.05, 4.69) is 24.0 Å². The summed E-state index contributed by atoms with van der Waals surface area (Å²) in [5, 5.41) is 2.31. The second-order valence-corrected chi connectivity index (χ2v) is 8.11. The maximum absolute atomic E-state index is 12.7. The fraction of sp³-hybridized carbons (Fsp3) is 0.320. The van der Waals surface area contributed by atoms with Crippen LogP contribution in [0, 0.1) is 0 Å². The quantitative estimate of drug-likeness (QED) is 0.591. The van der Waals surface area contributed by atoms with Crippen LogP contribution in [0.25, 0.3) is 10.8 Å². The Morgan fingerprint density at radius 3 is 2.33 bits per heavy atom. The number of aromatic nitrogens is 1. The Kier molecular flexibility index (Phi) is 4.74. The first-order valence-electron chi connectivity index (χ1n) is 10.7. The lowest BCUT2D eigenvalue weighted by molar-refractivity contribution is 0.0478. The van der Waals surface area contributed by atoms with E-state index in [-0.39, 0.29) is 24.0 Å². The summed E-state index contributed by atoms with van der Waals surface area (Å²) >= 11 is 0. The molecule has 3 aromatic rings. The minimum atomic E-state index is -0.157. The predicted molar refractivity (Wildman–Crippen MR) is 115 cm³/mol. The highest BCUT2D eigenvalue weighted by Gasteiger charge is 2.41. The molecular formula is C25H24N2O3. The normalized spacial score (nSPS) is 21.2. The third-order valence-corrected chi connectivity index (χ3v) is 6.33. The lowest BCUT2D eigenvalue weighted by Gasteiger charge is -2.33. The van der Waals surface area contributed by atoms with Crippen molar-refractivity contribution in [2.75, 3.05) is 0 Å². The van der Waals surface area contributed by atoms with Crippen molar-refractivity contribution >= 4 is 22.6 Å². The van der Waals surface area contributed by atoms with E-state index in [1.807, 2.05) is 30.6 Å². The molecule has 5 rings (SSSR count). The average molecular weight is 400 g/mol. The van der Waals surface area contributed by atoms with Crippen molar-refractivity contribution < 1.29 is 14.3 Å². The molecule has 5 nitrogen and oxygen atoms in total. The molecule has 0 radical (unpaired) electrons. The van der Waals surface area contributed by atoms with Gasteiger partial charge in [-0.15, -0.1) is 0 Å². The van der Waals surface area contributed by atoms with Gasteiger partial charge in [0.05, 0.1) is 17.2 Å². The van der Waals surface area contributed by atoms with Crippen molar-refractivity contribution in [1.82, 2.24) is 9.88 Å². The second kappa shape index (κ2) is 7.56. The van der Waals surface area contributed by atoms with Gasteiger partial charge in [-0.3, -0.25) is 19.5 Å². The molecule has 0 N–H and O–H groups in total. The van der Waals surface area contributed by atoms with Gasteiger partial charge in [-0.05, 0) is 73.4 Å². The number of aryl methyl sites for hydroxylation is 1. The molecule has 1 aliphatic carbocycles. The highest BCUT2D eigenvalue weighted by atomic mass is 16.5. The third-order valence-electron chi connectivity index (χ3n) is 6.33. The largest absolute Gasteiger partial charge is 0.490 e. The van der Waals surface area contributed by atoms with E-state index in [1.54, 1.807) is 12.1 Å². The Labute approximate surface area is 175 Å². The predicted octanol–water partition coefficient (Wildman–Crippen LogP) is 4.78. The number of amides is 2. The molecule has 2 aliphatic rings. The molecular weight excluding hydrogens is 376 g/mol. The minimum absolute atomic E-state index is 0.0494. The summed E-state index contributed by atoms with van der Waals surface area (Å²) in [6.07, 6.45) is 8.02. The lowest BCUT2D eigenvalue weighted by atomic mass is 9.91. The molecule has 1 saturated carbocycles. The molecule has 1 aliphatic heterocycles. The van der Waals surface area contributed by atoms with Gasteiger partial charge in [-0.2, -0.15) is 0 Å². The zero-order chi connectivity index (χ0) is 20.7. The van der Waals surface area contributed by atoms with Crippen LogP contribution in [-0.2, 0) is 6.42 Å². The first kappa shape index (κ1) is 18.8.